The summed E-state index contributed by atoms with van der Waals surface area (Å²) in [6.07, 6.45) is 0. The standard InChI is InChI=1S/C23H18N4O3/c1-29-18-10-11-20-16(12-18)13-21(15-6-3-2-4-7-15)27(20)14-17-8-5-9-19(24-17)22-25-26-23(28)30-22/h2-13H,14H2,1H3,(H,26,28). The summed E-state index contributed by atoms with van der Waals surface area (Å²) in [4.78, 5) is 15.9. The Bertz CT molecular complexity index is 1380. The van der Waals surface area contributed by atoms with Gasteiger partial charge in [-0.15, -0.1) is 5.10 Å². The van der Waals surface area contributed by atoms with E-state index in [0.29, 0.717) is 12.2 Å². The molecular formula is C23H18N4O3. The fraction of sp³-hybridized carbons (Fsp3) is 0.0870. The number of aromatic amines is 1. The van der Waals surface area contributed by atoms with E-state index in [1.807, 2.05) is 42.5 Å². The van der Waals surface area contributed by atoms with Crippen molar-refractivity contribution in [1.82, 2.24) is 19.7 Å². The number of hydrogen-bond donors (Lipinski definition) is 1. The van der Waals surface area contributed by atoms with E-state index in [1.165, 1.54) is 0 Å². The van der Waals surface area contributed by atoms with Crippen LogP contribution in [0.4, 0.5) is 0 Å². The van der Waals surface area contributed by atoms with Gasteiger partial charge in [0.05, 0.1) is 19.3 Å². The molecule has 148 valence electrons. The lowest BCUT2D eigenvalue weighted by atomic mass is 10.1. The average Bonchev–Trinajstić information content (AvgIpc) is 3.38. The summed E-state index contributed by atoms with van der Waals surface area (Å²) in [5.74, 6) is 0.383. The van der Waals surface area contributed by atoms with E-state index in [9.17, 15) is 4.79 Å². The number of nitrogens with one attached hydrogen (secondary N) is 1. The van der Waals surface area contributed by atoms with Crippen LogP contribution in [0.3, 0.4) is 0 Å². The third-order valence-corrected chi connectivity index (χ3v) is 4.96. The number of hydrogen-bond acceptors (Lipinski definition) is 5. The minimum atomic E-state index is -0.603. The Morgan fingerprint density at radius 1 is 1.03 bits per heavy atom. The lowest BCUT2D eigenvalue weighted by Crippen LogP contribution is -2.04. The Balaban J connectivity index is 1.62. The number of aromatic nitrogens is 4. The van der Waals surface area contributed by atoms with Crippen LogP contribution in [0.2, 0.25) is 0 Å². The van der Waals surface area contributed by atoms with Crippen molar-refractivity contribution < 1.29 is 9.15 Å². The number of methoxy groups -OCH3 is 1. The lowest BCUT2D eigenvalue weighted by Gasteiger charge is -2.11. The van der Waals surface area contributed by atoms with E-state index in [2.05, 4.69) is 44.0 Å². The molecule has 0 radical (unpaired) electrons. The molecule has 0 aliphatic carbocycles. The highest BCUT2D eigenvalue weighted by Gasteiger charge is 2.14. The zero-order valence-electron chi connectivity index (χ0n) is 16.2. The minimum Gasteiger partial charge on any atom is -0.497 e. The zero-order valence-corrected chi connectivity index (χ0v) is 16.2. The molecule has 7 nitrogen and oxygen atoms in total. The number of fused-ring (bicyclic) bond motifs is 1. The average molecular weight is 398 g/mol. The van der Waals surface area contributed by atoms with Crippen LogP contribution in [0.5, 0.6) is 5.75 Å². The Morgan fingerprint density at radius 2 is 1.90 bits per heavy atom. The summed E-state index contributed by atoms with van der Waals surface area (Å²) in [7, 11) is 1.67. The Hall–Kier alpha value is -4.13. The second kappa shape index (κ2) is 7.36. The highest BCUT2D eigenvalue weighted by atomic mass is 16.5. The van der Waals surface area contributed by atoms with Crippen molar-refractivity contribution >= 4 is 10.9 Å². The molecule has 0 aliphatic heterocycles. The lowest BCUT2D eigenvalue weighted by molar-refractivity contribution is 0.415. The fourth-order valence-corrected chi connectivity index (χ4v) is 3.58. The van der Waals surface area contributed by atoms with Crippen LogP contribution < -0.4 is 10.5 Å². The Kier molecular flexibility index (Phi) is 4.40. The van der Waals surface area contributed by atoms with Crippen LogP contribution in [-0.4, -0.2) is 26.9 Å². The van der Waals surface area contributed by atoms with E-state index < -0.39 is 5.76 Å². The van der Waals surface area contributed by atoms with Gasteiger partial charge in [0.2, 0.25) is 0 Å². The molecule has 0 spiro atoms. The van der Waals surface area contributed by atoms with E-state index in [0.717, 1.165) is 33.6 Å². The molecule has 0 atom stereocenters. The molecule has 1 N–H and O–H groups in total. The van der Waals surface area contributed by atoms with Crippen molar-refractivity contribution in [2.75, 3.05) is 7.11 Å². The fourth-order valence-electron chi connectivity index (χ4n) is 3.58. The first-order chi connectivity index (χ1) is 14.7. The second-order valence-electron chi connectivity index (χ2n) is 6.84. The highest BCUT2D eigenvalue weighted by molar-refractivity contribution is 5.88. The van der Waals surface area contributed by atoms with Crippen molar-refractivity contribution in [2.45, 2.75) is 6.54 Å². The van der Waals surface area contributed by atoms with Gasteiger partial charge in [0, 0.05) is 16.6 Å². The Morgan fingerprint density at radius 3 is 2.67 bits per heavy atom. The number of benzene rings is 2. The molecule has 0 fully saturated rings. The number of ether oxygens (including phenoxy) is 1. The summed E-state index contributed by atoms with van der Waals surface area (Å²) in [5.41, 5.74) is 4.60. The predicted octanol–water partition coefficient (Wildman–Crippen LogP) is 4.10. The summed E-state index contributed by atoms with van der Waals surface area (Å²) in [5, 5.41) is 7.23. The first-order valence-electron chi connectivity index (χ1n) is 9.46. The third kappa shape index (κ3) is 3.26. The van der Waals surface area contributed by atoms with Crippen LogP contribution in [0.1, 0.15) is 5.69 Å². The van der Waals surface area contributed by atoms with Gasteiger partial charge in [0.15, 0.2) is 0 Å². The van der Waals surface area contributed by atoms with Crippen LogP contribution in [0, 0.1) is 0 Å². The van der Waals surface area contributed by atoms with Crippen LogP contribution in [0.15, 0.2) is 82.0 Å². The molecule has 0 saturated carbocycles. The highest BCUT2D eigenvalue weighted by Crippen LogP contribution is 2.31. The van der Waals surface area contributed by atoms with E-state index in [4.69, 9.17) is 9.15 Å². The summed E-state index contributed by atoms with van der Waals surface area (Å²) in [6, 6.07) is 24.0. The van der Waals surface area contributed by atoms with Gasteiger partial charge in [-0.1, -0.05) is 36.4 Å². The van der Waals surface area contributed by atoms with Gasteiger partial charge in [0.25, 0.3) is 5.89 Å². The maximum atomic E-state index is 11.3. The molecular weight excluding hydrogens is 380 g/mol. The molecule has 30 heavy (non-hydrogen) atoms. The van der Waals surface area contributed by atoms with E-state index in [1.54, 1.807) is 13.2 Å². The monoisotopic (exact) mass is 398 g/mol. The Labute approximate surface area is 171 Å². The molecule has 0 saturated heterocycles. The number of pyridine rings is 1. The van der Waals surface area contributed by atoms with Crippen molar-refractivity contribution in [3.8, 4) is 28.6 Å². The molecule has 3 heterocycles. The number of rotatable bonds is 5. The van der Waals surface area contributed by atoms with Crippen molar-refractivity contribution in [3.05, 3.63) is 89.0 Å². The van der Waals surface area contributed by atoms with Gasteiger partial charge in [-0.2, -0.15) is 0 Å². The maximum Gasteiger partial charge on any atom is 0.434 e. The third-order valence-electron chi connectivity index (χ3n) is 4.96. The summed E-state index contributed by atoms with van der Waals surface area (Å²) in [6.45, 7) is 0.544. The topological polar surface area (TPSA) is 85.9 Å². The van der Waals surface area contributed by atoms with E-state index in [-0.39, 0.29) is 5.89 Å². The first kappa shape index (κ1) is 17.9. The van der Waals surface area contributed by atoms with Gasteiger partial charge in [-0.3, -0.25) is 0 Å². The largest absolute Gasteiger partial charge is 0.497 e. The minimum absolute atomic E-state index is 0.173. The van der Waals surface area contributed by atoms with Crippen molar-refractivity contribution in [3.63, 3.8) is 0 Å². The number of H-pyrrole nitrogens is 1. The van der Waals surface area contributed by atoms with Crippen LogP contribution in [0.25, 0.3) is 33.7 Å². The van der Waals surface area contributed by atoms with Gasteiger partial charge < -0.3 is 13.7 Å². The predicted molar refractivity (Wildman–Crippen MR) is 113 cm³/mol. The molecule has 7 heteroatoms. The quantitative estimate of drug-likeness (QED) is 0.482. The molecule has 0 aliphatic rings. The molecule has 3 aromatic heterocycles. The van der Waals surface area contributed by atoms with Crippen LogP contribution >= 0.6 is 0 Å². The SMILES string of the molecule is COc1ccc2c(c1)cc(-c1ccccc1)n2Cc1cccc(-c2n[nH]c(=O)o2)n1. The molecule has 0 amide bonds. The van der Waals surface area contributed by atoms with Crippen LogP contribution in [-0.2, 0) is 6.54 Å². The molecule has 5 aromatic rings. The number of nitrogens with zero attached hydrogens (tertiary/aromatic N) is 3. The van der Waals surface area contributed by atoms with Gasteiger partial charge >= 0.3 is 5.76 Å². The smallest absolute Gasteiger partial charge is 0.434 e. The van der Waals surface area contributed by atoms with Gasteiger partial charge in [-0.05, 0) is 42.0 Å². The summed E-state index contributed by atoms with van der Waals surface area (Å²) < 4.78 is 12.7. The van der Waals surface area contributed by atoms with E-state index >= 15 is 0 Å². The second-order valence-corrected chi connectivity index (χ2v) is 6.84. The molecule has 0 bridgehead atoms. The molecule has 5 rings (SSSR count). The van der Waals surface area contributed by atoms with Gasteiger partial charge in [0.1, 0.15) is 11.4 Å². The molecule has 2 aromatic carbocycles. The normalized spacial score (nSPS) is 11.1. The summed E-state index contributed by atoms with van der Waals surface area (Å²) >= 11 is 0. The molecule has 0 unspecified atom stereocenters. The van der Waals surface area contributed by atoms with Gasteiger partial charge in [-0.25, -0.2) is 14.9 Å². The maximum absolute atomic E-state index is 11.3. The van der Waals surface area contributed by atoms with Crippen molar-refractivity contribution in [2.24, 2.45) is 0 Å². The zero-order chi connectivity index (χ0) is 20.5. The van der Waals surface area contributed by atoms with Crippen molar-refractivity contribution in [1.29, 1.82) is 0 Å². The first-order valence-corrected chi connectivity index (χ1v) is 9.46.